The third kappa shape index (κ3) is 4.96. The summed E-state index contributed by atoms with van der Waals surface area (Å²) >= 11 is 0. The number of hydrogen-bond acceptors (Lipinski definition) is 4. The van der Waals surface area contributed by atoms with Crippen LogP contribution in [0.4, 0.5) is 4.39 Å². The average molecular weight is 345 g/mol. The highest BCUT2D eigenvalue weighted by molar-refractivity contribution is 5.78. The first-order valence-corrected chi connectivity index (χ1v) is 8.27. The smallest absolute Gasteiger partial charge is 0.250 e. The van der Waals surface area contributed by atoms with Crippen molar-refractivity contribution in [2.45, 2.75) is 25.4 Å². The van der Waals surface area contributed by atoms with E-state index < -0.39 is 0 Å². The van der Waals surface area contributed by atoms with Gasteiger partial charge in [-0.05, 0) is 30.5 Å². The minimum atomic E-state index is -0.309. The van der Waals surface area contributed by atoms with Crippen LogP contribution >= 0.6 is 0 Å². The fourth-order valence-corrected chi connectivity index (χ4v) is 2.86. The molecular weight excluding hydrogens is 325 g/mol. The molecule has 132 valence electrons. The number of aromatic amines is 1. The number of amides is 1. The van der Waals surface area contributed by atoms with Crippen LogP contribution in [0.1, 0.15) is 17.7 Å². The zero-order valence-corrected chi connectivity index (χ0v) is 13.8. The lowest BCUT2D eigenvalue weighted by atomic mass is 10.1. The van der Waals surface area contributed by atoms with Crippen LogP contribution in [0.15, 0.2) is 41.5 Å². The van der Waals surface area contributed by atoms with Crippen molar-refractivity contribution in [1.82, 2.24) is 14.9 Å². The molecule has 2 aromatic rings. The van der Waals surface area contributed by atoms with Crippen molar-refractivity contribution >= 4 is 5.91 Å². The van der Waals surface area contributed by atoms with Gasteiger partial charge in [0.1, 0.15) is 5.82 Å². The number of halogens is 1. The first-order chi connectivity index (χ1) is 12.1. The maximum atomic E-state index is 12.9. The standard InChI is InChI=1S/C18H20FN3O3/c19-14-3-1-13(2-4-14)9-18(24)22-7-8-25-16(11-22)6-5-15-10-17(23)21-12-20-15/h1-4,10,12,16H,5-9,11H2,(H,20,21,23)/t16-/m1/s1. The summed E-state index contributed by atoms with van der Waals surface area (Å²) in [5.74, 6) is -0.301. The molecule has 2 heterocycles. The summed E-state index contributed by atoms with van der Waals surface area (Å²) < 4.78 is 18.7. The van der Waals surface area contributed by atoms with Crippen LogP contribution in [0.3, 0.4) is 0 Å². The van der Waals surface area contributed by atoms with Gasteiger partial charge in [-0.1, -0.05) is 12.1 Å². The van der Waals surface area contributed by atoms with E-state index in [4.69, 9.17) is 4.74 Å². The number of aromatic nitrogens is 2. The van der Waals surface area contributed by atoms with Crippen LogP contribution in [0.5, 0.6) is 0 Å². The van der Waals surface area contributed by atoms with Crippen LogP contribution in [0, 0.1) is 5.82 Å². The summed E-state index contributed by atoms with van der Waals surface area (Å²) in [6, 6.07) is 7.45. The predicted molar refractivity (Wildman–Crippen MR) is 89.6 cm³/mol. The van der Waals surface area contributed by atoms with Gasteiger partial charge in [0.15, 0.2) is 0 Å². The number of rotatable bonds is 5. The number of ether oxygens (including phenoxy) is 1. The molecule has 0 radical (unpaired) electrons. The molecule has 1 aromatic heterocycles. The van der Waals surface area contributed by atoms with Crippen molar-refractivity contribution in [3.8, 4) is 0 Å². The number of aryl methyl sites for hydroxylation is 1. The Bertz CT molecular complexity index is 776. The number of benzene rings is 1. The Balaban J connectivity index is 1.52. The molecule has 0 saturated carbocycles. The SMILES string of the molecule is O=C(Cc1ccc(F)cc1)N1CCO[C@H](CCc2cc(=O)[nH]cn2)C1. The lowest BCUT2D eigenvalue weighted by molar-refractivity contribution is -0.138. The summed E-state index contributed by atoms with van der Waals surface area (Å²) in [5, 5.41) is 0. The topological polar surface area (TPSA) is 75.3 Å². The highest BCUT2D eigenvalue weighted by atomic mass is 19.1. The normalized spacial score (nSPS) is 17.5. The minimum Gasteiger partial charge on any atom is -0.375 e. The molecule has 1 aliphatic heterocycles. The van der Waals surface area contributed by atoms with Gasteiger partial charge >= 0.3 is 0 Å². The minimum absolute atomic E-state index is 0.00851. The fourth-order valence-electron chi connectivity index (χ4n) is 2.86. The van der Waals surface area contributed by atoms with Crippen LogP contribution in [0.25, 0.3) is 0 Å². The van der Waals surface area contributed by atoms with Crippen molar-refractivity contribution < 1.29 is 13.9 Å². The number of nitrogens with one attached hydrogen (secondary N) is 1. The number of nitrogens with zero attached hydrogens (tertiary/aromatic N) is 2. The van der Waals surface area contributed by atoms with E-state index in [-0.39, 0.29) is 29.8 Å². The van der Waals surface area contributed by atoms with E-state index in [0.29, 0.717) is 38.2 Å². The molecule has 0 spiro atoms. The molecule has 1 amide bonds. The monoisotopic (exact) mass is 345 g/mol. The summed E-state index contributed by atoms with van der Waals surface area (Å²) in [6.07, 6.45) is 2.87. The van der Waals surface area contributed by atoms with Gasteiger partial charge in [0.25, 0.3) is 5.56 Å². The first-order valence-electron chi connectivity index (χ1n) is 8.27. The third-order valence-corrected chi connectivity index (χ3v) is 4.22. The van der Waals surface area contributed by atoms with Gasteiger partial charge in [-0.3, -0.25) is 9.59 Å². The molecule has 0 unspecified atom stereocenters. The predicted octanol–water partition coefficient (Wildman–Crippen LogP) is 1.31. The van der Waals surface area contributed by atoms with Gasteiger partial charge in [0.05, 0.1) is 25.5 Å². The molecule has 1 fully saturated rings. The number of hydrogen-bond donors (Lipinski definition) is 1. The Morgan fingerprint density at radius 1 is 1.36 bits per heavy atom. The van der Waals surface area contributed by atoms with Crippen LogP contribution < -0.4 is 5.56 Å². The van der Waals surface area contributed by atoms with Gasteiger partial charge in [-0.25, -0.2) is 9.37 Å². The third-order valence-electron chi connectivity index (χ3n) is 4.22. The zero-order valence-electron chi connectivity index (χ0n) is 13.8. The van der Waals surface area contributed by atoms with Crippen LogP contribution in [-0.4, -0.2) is 46.6 Å². The van der Waals surface area contributed by atoms with Gasteiger partial charge in [0, 0.05) is 24.8 Å². The molecular formula is C18H20FN3O3. The lowest BCUT2D eigenvalue weighted by Crippen LogP contribution is -2.46. The quantitative estimate of drug-likeness (QED) is 0.887. The summed E-state index contributed by atoms with van der Waals surface area (Å²) in [5.41, 5.74) is 1.33. The summed E-state index contributed by atoms with van der Waals surface area (Å²) in [6.45, 7) is 1.56. The van der Waals surface area contributed by atoms with Gasteiger partial charge < -0.3 is 14.6 Å². The van der Waals surface area contributed by atoms with Crippen LogP contribution in [0.2, 0.25) is 0 Å². The maximum Gasteiger partial charge on any atom is 0.250 e. The average Bonchev–Trinajstić information content (AvgIpc) is 2.62. The van der Waals surface area contributed by atoms with Gasteiger partial charge in [-0.15, -0.1) is 0 Å². The molecule has 25 heavy (non-hydrogen) atoms. The van der Waals surface area contributed by atoms with Crippen molar-refractivity contribution in [1.29, 1.82) is 0 Å². The molecule has 6 nitrogen and oxygen atoms in total. The molecule has 1 aliphatic rings. The number of morpholine rings is 1. The molecule has 1 aromatic carbocycles. The molecule has 0 aliphatic carbocycles. The number of carbonyl (C=O) groups excluding carboxylic acids is 1. The lowest BCUT2D eigenvalue weighted by Gasteiger charge is -2.33. The van der Waals surface area contributed by atoms with Crippen molar-refractivity contribution in [3.05, 3.63) is 64.1 Å². The molecule has 1 atom stereocenters. The van der Waals surface area contributed by atoms with Crippen molar-refractivity contribution in [2.75, 3.05) is 19.7 Å². The second-order valence-corrected chi connectivity index (χ2v) is 6.08. The number of H-pyrrole nitrogens is 1. The van der Waals surface area contributed by atoms with E-state index in [9.17, 15) is 14.0 Å². The van der Waals surface area contributed by atoms with E-state index in [1.54, 1.807) is 17.0 Å². The highest BCUT2D eigenvalue weighted by Gasteiger charge is 2.24. The maximum absolute atomic E-state index is 12.9. The van der Waals surface area contributed by atoms with Crippen molar-refractivity contribution in [2.24, 2.45) is 0 Å². The molecule has 3 rings (SSSR count). The Kier molecular flexibility index (Phi) is 5.55. The van der Waals surface area contributed by atoms with E-state index >= 15 is 0 Å². The molecule has 7 heteroatoms. The van der Waals surface area contributed by atoms with E-state index in [1.807, 2.05) is 0 Å². The van der Waals surface area contributed by atoms with Gasteiger partial charge in [0.2, 0.25) is 5.91 Å². The second kappa shape index (κ2) is 8.02. The van der Waals surface area contributed by atoms with E-state index in [2.05, 4.69) is 9.97 Å². The molecule has 1 N–H and O–H groups in total. The Morgan fingerprint density at radius 2 is 2.16 bits per heavy atom. The highest BCUT2D eigenvalue weighted by Crippen LogP contribution is 2.13. The first kappa shape index (κ1) is 17.3. The largest absolute Gasteiger partial charge is 0.375 e. The fraction of sp³-hybridized carbons (Fsp3) is 0.389. The van der Waals surface area contributed by atoms with E-state index in [0.717, 1.165) is 5.56 Å². The second-order valence-electron chi connectivity index (χ2n) is 6.08. The number of carbonyl (C=O) groups is 1. The molecule has 0 bridgehead atoms. The Morgan fingerprint density at radius 3 is 2.92 bits per heavy atom. The van der Waals surface area contributed by atoms with Crippen molar-refractivity contribution in [3.63, 3.8) is 0 Å². The zero-order chi connectivity index (χ0) is 17.6. The Hall–Kier alpha value is -2.54. The summed E-state index contributed by atoms with van der Waals surface area (Å²) in [7, 11) is 0. The Labute approximate surface area is 144 Å². The summed E-state index contributed by atoms with van der Waals surface area (Å²) in [4.78, 5) is 32.1. The van der Waals surface area contributed by atoms with Gasteiger partial charge in [-0.2, -0.15) is 0 Å². The molecule has 1 saturated heterocycles. The van der Waals surface area contributed by atoms with Crippen LogP contribution in [-0.2, 0) is 22.4 Å². The van der Waals surface area contributed by atoms with E-state index in [1.165, 1.54) is 24.5 Å².